The van der Waals surface area contributed by atoms with E-state index >= 15 is 0 Å². The van der Waals surface area contributed by atoms with Gasteiger partial charge in [-0.15, -0.1) is 11.3 Å². The molecule has 1 aromatic heterocycles. The minimum absolute atomic E-state index is 0.0297. The molecule has 16 heavy (non-hydrogen) atoms. The van der Waals surface area contributed by atoms with Gasteiger partial charge in [-0.05, 0) is 35.3 Å². The number of carbonyl (C=O) groups excluding carboxylic acids is 1. The van der Waals surface area contributed by atoms with Gasteiger partial charge in [0.05, 0.1) is 12.0 Å². The van der Waals surface area contributed by atoms with Crippen LogP contribution in [0.25, 0.3) is 0 Å². The van der Waals surface area contributed by atoms with Crippen molar-refractivity contribution in [1.82, 2.24) is 5.32 Å². The van der Waals surface area contributed by atoms with E-state index in [0.717, 1.165) is 15.8 Å². The molecule has 0 radical (unpaired) electrons. The number of thiophene rings is 1. The molecule has 1 heterocycles. The first kappa shape index (κ1) is 13.7. The van der Waals surface area contributed by atoms with Gasteiger partial charge in [0.1, 0.15) is 0 Å². The molecular weight excluding hydrogens is 288 g/mol. The Bertz CT molecular complexity index is 361. The van der Waals surface area contributed by atoms with Gasteiger partial charge in [-0.3, -0.25) is 4.79 Å². The Labute approximate surface area is 109 Å². The van der Waals surface area contributed by atoms with Crippen molar-refractivity contribution >= 4 is 33.2 Å². The summed E-state index contributed by atoms with van der Waals surface area (Å²) in [4.78, 5) is 13.0. The molecule has 1 rings (SSSR count). The smallest absolute Gasteiger partial charge is 0.227 e. The molecule has 0 fully saturated rings. The second kappa shape index (κ2) is 5.80. The molecule has 0 bridgehead atoms. The molecule has 1 aromatic rings. The maximum atomic E-state index is 11.9. The average Bonchev–Trinajstić information content (AvgIpc) is 2.70. The highest BCUT2D eigenvalue weighted by molar-refractivity contribution is 9.10. The van der Waals surface area contributed by atoms with Crippen LogP contribution in [0.1, 0.15) is 25.1 Å². The highest BCUT2D eigenvalue weighted by atomic mass is 79.9. The van der Waals surface area contributed by atoms with Gasteiger partial charge < -0.3 is 11.1 Å². The Morgan fingerprint density at radius 3 is 2.81 bits per heavy atom. The molecule has 0 saturated carbocycles. The maximum absolute atomic E-state index is 11.9. The Morgan fingerprint density at radius 1 is 1.69 bits per heavy atom. The van der Waals surface area contributed by atoms with Gasteiger partial charge in [0.15, 0.2) is 0 Å². The highest BCUT2D eigenvalue weighted by Crippen LogP contribution is 2.21. The van der Waals surface area contributed by atoms with Crippen molar-refractivity contribution in [3.8, 4) is 0 Å². The van der Waals surface area contributed by atoms with Gasteiger partial charge in [0.2, 0.25) is 5.91 Å². The van der Waals surface area contributed by atoms with Crippen LogP contribution < -0.4 is 11.1 Å². The second-order valence-corrected chi connectivity index (χ2v) is 5.94. The van der Waals surface area contributed by atoms with Crippen molar-refractivity contribution in [2.45, 2.75) is 26.8 Å². The molecule has 0 spiro atoms. The van der Waals surface area contributed by atoms with E-state index in [1.54, 1.807) is 11.3 Å². The molecule has 3 N–H and O–H groups in total. The number of hydrogen-bond donors (Lipinski definition) is 2. The summed E-state index contributed by atoms with van der Waals surface area (Å²) >= 11 is 5.01. The van der Waals surface area contributed by atoms with E-state index in [9.17, 15) is 4.79 Å². The molecule has 0 saturated heterocycles. The van der Waals surface area contributed by atoms with E-state index < -0.39 is 5.41 Å². The minimum Gasteiger partial charge on any atom is -0.351 e. The van der Waals surface area contributed by atoms with Gasteiger partial charge in [0.25, 0.3) is 0 Å². The summed E-state index contributed by atoms with van der Waals surface area (Å²) in [5.41, 5.74) is 5.18. The fourth-order valence-corrected chi connectivity index (χ4v) is 2.62. The lowest BCUT2D eigenvalue weighted by Crippen LogP contribution is -2.43. The first-order valence-electron chi connectivity index (χ1n) is 5.23. The fraction of sp³-hybridized carbons (Fsp3) is 0.545. The van der Waals surface area contributed by atoms with E-state index in [4.69, 9.17) is 5.73 Å². The zero-order valence-electron chi connectivity index (χ0n) is 9.55. The third-order valence-corrected chi connectivity index (χ3v) is 4.52. The van der Waals surface area contributed by atoms with E-state index in [1.807, 2.05) is 25.3 Å². The van der Waals surface area contributed by atoms with E-state index in [0.29, 0.717) is 13.1 Å². The lowest BCUT2D eigenvalue weighted by atomic mass is 9.87. The third-order valence-electron chi connectivity index (χ3n) is 2.82. The molecule has 90 valence electrons. The van der Waals surface area contributed by atoms with Crippen LogP contribution in [0.2, 0.25) is 0 Å². The van der Waals surface area contributed by atoms with Gasteiger partial charge in [0, 0.05) is 21.3 Å². The summed E-state index contributed by atoms with van der Waals surface area (Å²) in [6, 6.07) is 2.01. The third kappa shape index (κ3) is 3.30. The molecule has 1 atom stereocenters. The first-order valence-corrected chi connectivity index (χ1v) is 6.90. The van der Waals surface area contributed by atoms with Crippen LogP contribution >= 0.6 is 27.3 Å². The fourth-order valence-electron chi connectivity index (χ4n) is 1.22. The monoisotopic (exact) mass is 304 g/mol. The lowest BCUT2D eigenvalue weighted by molar-refractivity contribution is -0.130. The first-order chi connectivity index (χ1) is 7.51. The quantitative estimate of drug-likeness (QED) is 0.878. The summed E-state index contributed by atoms with van der Waals surface area (Å²) < 4.78 is 1.05. The van der Waals surface area contributed by atoms with Crippen LogP contribution in [-0.2, 0) is 11.3 Å². The van der Waals surface area contributed by atoms with Crippen molar-refractivity contribution in [2.75, 3.05) is 6.54 Å². The largest absolute Gasteiger partial charge is 0.351 e. The molecule has 1 unspecified atom stereocenters. The van der Waals surface area contributed by atoms with E-state index in [2.05, 4.69) is 21.2 Å². The average molecular weight is 305 g/mol. The van der Waals surface area contributed by atoms with Crippen LogP contribution in [-0.4, -0.2) is 12.5 Å². The number of rotatable bonds is 5. The molecule has 0 aliphatic heterocycles. The predicted octanol–water partition coefficient (Wildman–Crippen LogP) is 2.50. The van der Waals surface area contributed by atoms with Gasteiger partial charge >= 0.3 is 0 Å². The van der Waals surface area contributed by atoms with Gasteiger partial charge in [-0.1, -0.05) is 6.92 Å². The standard InChI is InChI=1S/C11H17BrN2OS/c1-3-11(2,7-13)10(15)14-5-9-4-8(12)6-16-9/h4,6H,3,5,7,13H2,1-2H3,(H,14,15). The molecule has 5 heteroatoms. The van der Waals surface area contributed by atoms with Crippen LogP contribution in [0, 0.1) is 5.41 Å². The number of nitrogens with one attached hydrogen (secondary N) is 1. The Morgan fingerprint density at radius 2 is 2.38 bits per heavy atom. The summed E-state index contributed by atoms with van der Waals surface area (Å²) in [6.07, 6.45) is 0.753. The summed E-state index contributed by atoms with van der Waals surface area (Å²) in [5, 5.41) is 4.93. The highest BCUT2D eigenvalue weighted by Gasteiger charge is 2.29. The van der Waals surface area contributed by atoms with Crippen LogP contribution in [0.15, 0.2) is 15.9 Å². The number of halogens is 1. The number of amides is 1. The topological polar surface area (TPSA) is 55.1 Å². The van der Waals surface area contributed by atoms with Crippen molar-refractivity contribution in [2.24, 2.45) is 11.1 Å². The SMILES string of the molecule is CCC(C)(CN)C(=O)NCc1cc(Br)cs1. The maximum Gasteiger partial charge on any atom is 0.227 e. The van der Waals surface area contributed by atoms with Crippen molar-refractivity contribution in [3.05, 3.63) is 20.8 Å². The number of nitrogens with two attached hydrogens (primary N) is 1. The zero-order chi connectivity index (χ0) is 12.2. The van der Waals surface area contributed by atoms with E-state index in [1.165, 1.54) is 0 Å². The molecular formula is C11H17BrN2OS. The normalized spacial score (nSPS) is 14.5. The van der Waals surface area contributed by atoms with Crippen LogP contribution in [0.3, 0.4) is 0 Å². The van der Waals surface area contributed by atoms with Gasteiger partial charge in [-0.2, -0.15) is 0 Å². The molecule has 0 aliphatic rings. The summed E-state index contributed by atoms with van der Waals surface area (Å²) in [5.74, 6) is 0.0297. The molecule has 1 amide bonds. The number of carbonyl (C=O) groups is 1. The van der Waals surface area contributed by atoms with Crippen molar-refractivity contribution < 1.29 is 4.79 Å². The van der Waals surface area contributed by atoms with Crippen molar-refractivity contribution in [1.29, 1.82) is 0 Å². The molecule has 0 aliphatic carbocycles. The second-order valence-electron chi connectivity index (χ2n) is 4.03. The summed E-state index contributed by atoms with van der Waals surface area (Å²) in [7, 11) is 0. The Balaban J connectivity index is 2.52. The Kier molecular flexibility index (Phi) is 4.95. The van der Waals surface area contributed by atoms with Crippen molar-refractivity contribution in [3.63, 3.8) is 0 Å². The minimum atomic E-state index is -0.450. The molecule has 0 aromatic carbocycles. The Hall–Kier alpha value is -0.390. The summed E-state index contributed by atoms with van der Waals surface area (Å²) in [6.45, 7) is 4.83. The van der Waals surface area contributed by atoms with Crippen LogP contribution in [0.5, 0.6) is 0 Å². The lowest BCUT2D eigenvalue weighted by Gasteiger charge is -2.24. The zero-order valence-corrected chi connectivity index (χ0v) is 12.0. The van der Waals surface area contributed by atoms with Crippen LogP contribution in [0.4, 0.5) is 0 Å². The van der Waals surface area contributed by atoms with E-state index in [-0.39, 0.29) is 5.91 Å². The number of hydrogen-bond acceptors (Lipinski definition) is 3. The molecule has 3 nitrogen and oxygen atoms in total. The van der Waals surface area contributed by atoms with Gasteiger partial charge in [-0.25, -0.2) is 0 Å². The predicted molar refractivity (Wildman–Crippen MR) is 71.3 cm³/mol.